The van der Waals surface area contributed by atoms with Crippen LogP contribution < -0.4 is 0 Å². The third kappa shape index (κ3) is 2.99. The van der Waals surface area contributed by atoms with E-state index in [9.17, 15) is 4.39 Å². The fourth-order valence-corrected chi connectivity index (χ4v) is 4.19. The fourth-order valence-electron chi connectivity index (χ4n) is 2.72. The Kier molecular flexibility index (Phi) is 4.15. The van der Waals surface area contributed by atoms with Gasteiger partial charge >= 0.3 is 0 Å². The second-order valence-electron chi connectivity index (χ2n) is 5.18. The van der Waals surface area contributed by atoms with Gasteiger partial charge in [0, 0.05) is 22.8 Å². The summed E-state index contributed by atoms with van der Waals surface area (Å²) in [7, 11) is 0. The Hall–Kier alpha value is -0.510. The first-order valence-corrected chi connectivity index (χ1v) is 8.13. The summed E-state index contributed by atoms with van der Waals surface area (Å²) >= 11 is 8.24. The van der Waals surface area contributed by atoms with Crippen molar-refractivity contribution >= 4 is 28.4 Å². The van der Waals surface area contributed by atoms with Crippen LogP contribution in [0.2, 0.25) is 0 Å². The van der Waals surface area contributed by atoms with Gasteiger partial charge in [-0.1, -0.05) is 18.0 Å². The van der Waals surface area contributed by atoms with Gasteiger partial charge in [0.15, 0.2) is 0 Å². The van der Waals surface area contributed by atoms with Crippen LogP contribution in [0.25, 0.3) is 5.03 Å². The van der Waals surface area contributed by atoms with E-state index in [1.165, 1.54) is 30.9 Å². The lowest BCUT2D eigenvalue weighted by Crippen LogP contribution is -2.32. The molecule has 0 spiro atoms. The van der Waals surface area contributed by atoms with E-state index in [0.717, 1.165) is 40.9 Å². The quantitative estimate of drug-likeness (QED) is 0.797. The van der Waals surface area contributed by atoms with Crippen LogP contribution in [-0.4, -0.2) is 30.3 Å². The summed E-state index contributed by atoms with van der Waals surface area (Å²) in [5.74, 6) is 0.713. The fraction of sp³-hybridized carbons (Fsp3) is 0.467. The predicted octanol–water partition coefficient (Wildman–Crippen LogP) is 4.37. The summed E-state index contributed by atoms with van der Waals surface area (Å²) in [4.78, 5) is 3.56. The number of rotatable bonds is 2. The van der Waals surface area contributed by atoms with Crippen molar-refractivity contribution in [3.05, 3.63) is 35.2 Å². The molecule has 3 rings (SSSR count). The number of halogens is 2. The standard InChI is InChI=1S/C15H17ClFNS/c16-15-11(9-18-6-2-1-3-7-18)10-19-14-5-4-12(17)8-13(14)15/h4-5,8H,1-3,6-7,9-10H2. The van der Waals surface area contributed by atoms with Crippen LogP contribution in [0.1, 0.15) is 24.8 Å². The number of piperidine rings is 1. The van der Waals surface area contributed by atoms with Gasteiger partial charge in [-0.25, -0.2) is 4.39 Å². The second kappa shape index (κ2) is 5.86. The van der Waals surface area contributed by atoms with Crippen LogP contribution in [-0.2, 0) is 0 Å². The van der Waals surface area contributed by atoms with Crippen molar-refractivity contribution in [2.45, 2.75) is 24.2 Å². The molecule has 0 saturated carbocycles. The van der Waals surface area contributed by atoms with Gasteiger partial charge in [0.1, 0.15) is 5.82 Å². The summed E-state index contributed by atoms with van der Waals surface area (Å²) in [6, 6.07) is 4.89. The molecule has 2 aliphatic rings. The zero-order chi connectivity index (χ0) is 13.2. The van der Waals surface area contributed by atoms with E-state index in [4.69, 9.17) is 11.6 Å². The number of hydrogen-bond acceptors (Lipinski definition) is 2. The molecule has 1 fully saturated rings. The molecule has 0 amide bonds. The van der Waals surface area contributed by atoms with Gasteiger partial charge < -0.3 is 0 Å². The van der Waals surface area contributed by atoms with E-state index < -0.39 is 0 Å². The molecule has 0 N–H and O–H groups in total. The Morgan fingerprint density at radius 1 is 1.21 bits per heavy atom. The van der Waals surface area contributed by atoms with Gasteiger partial charge in [-0.2, -0.15) is 0 Å². The minimum Gasteiger partial charge on any atom is -0.299 e. The lowest BCUT2D eigenvalue weighted by molar-refractivity contribution is 0.247. The maximum Gasteiger partial charge on any atom is 0.123 e. The molecule has 1 aromatic carbocycles. The molecular weight excluding hydrogens is 281 g/mol. The van der Waals surface area contributed by atoms with Crippen molar-refractivity contribution in [2.24, 2.45) is 0 Å². The number of thioether (sulfide) groups is 1. The number of likely N-dealkylation sites (tertiary alicyclic amines) is 1. The van der Waals surface area contributed by atoms with Crippen molar-refractivity contribution in [1.29, 1.82) is 0 Å². The van der Waals surface area contributed by atoms with E-state index in [0.29, 0.717) is 0 Å². The van der Waals surface area contributed by atoms with Crippen LogP contribution in [0.3, 0.4) is 0 Å². The minimum atomic E-state index is -0.211. The zero-order valence-electron chi connectivity index (χ0n) is 10.8. The van der Waals surface area contributed by atoms with Gasteiger partial charge in [0.05, 0.1) is 5.03 Å². The van der Waals surface area contributed by atoms with Crippen molar-refractivity contribution in [1.82, 2.24) is 4.90 Å². The van der Waals surface area contributed by atoms with Crippen LogP contribution in [0, 0.1) is 5.82 Å². The first-order chi connectivity index (χ1) is 9.24. The molecule has 0 unspecified atom stereocenters. The maximum absolute atomic E-state index is 13.4. The molecule has 2 aliphatic heterocycles. The van der Waals surface area contributed by atoms with E-state index >= 15 is 0 Å². The molecule has 19 heavy (non-hydrogen) atoms. The lowest BCUT2D eigenvalue weighted by atomic mass is 10.1. The summed E-state index contributed by atoms with van der Waals surface area (Å²) < 4.78 is 13.4. The van der Waals surface area contributed by atoms with Crippen molar-refractivity contribution in [3.8, 4) is 0 Å². The maximum atomic E-state index is 13.4. The molecule has 0 aromatic heterocycles. The number of hydrogen-bond donors (Lipinski definition) is 0. The second-order valence-corrected chi connectivity index (χ2v) is 6.58. The first kappa shape index (κ1) is 13.5. The summed E-state index contributed by atoms with van der Waals surface area (Å²) in [6.07, 6.45) is 3.90. The third-order valence-corrected chi connectivity index (χ3v) is 5.38. The molecule has 1 nitrogen and oxygen atoms in total. The molecule has 4 heteroatoms. The Bertz CT molecular complexity index is 509. The molecule has 1 aromatic rings. The van der Waals surface area contributed by atoms with Gasteiger partial charge in [-0.05, 0) is 49.7 Å². The summed E-state index contributed by atoms with van der Waals surface area (Å²) in [6.45, 7) is 3.25. The highest BCUT2D eigenvalue weighted by molar-refractivity contribution is 7.99. The molecular formula is C15H17ClFNS. The van der Waals surface area contributed by atoms with Crippen LogP contribution in [0.15, 0.2) is 28.7 Å². The molecule has 2 heterocycles. The Balaban J connectivity index is 1.83. The van der Waals surface area contributed by atoms with Gasteiger partial charge in [0.2, 0.25) is 0 Å². The molecule has 0 atom stereocenters. The summed E-state index contributed by atoms with van der Waals surface area (Å²) in [5, 5.41) is 0.763. The molecule has 1 saturated heterocycles. The lowest BCUT2D eigenvalue weighted by Gasteiger charge is -2.29. The predicted molar refractivity (Wildman–Crippen MR) is 80.2 cm³/mol. The molecule has 0 radical (unpaired) electrons. The van der Waals surface area contributed by atoms with E-state index in [-0.39, 0.29) is 5.82 Å². The van der Waals surface area contributed by atoms with Crippen LogP contribution in [0.4, 0.5) is 4.39 Å². The molecule has 102 valence electrons. The highest BCUT2D eigenvalue weighted by Gasteiger charge is 2.21. The van der Waals surface area contributed by atoms with Crippen molar-refractivity contribution in [2.75, 3.05) is 25.4 Å². The Morgan fingerprint density at radius 3 is 2.79 bits per heavy atom. The average molecular weight is 298 g/mol. The number of benzene rings is 1. The van der Waals surface area contributed by atoms with E-state index in [2.05, 4.69) is 4.90 Å². The average Bonchev–Trinajstić information content (AvgIpc) is 2.44. The smallest absolute Gasteiger partial charge is 0.123 e. The van der Waals surface area contributed by atoms with Gasteiger partial charge in [-0.3, -0.25) is 4.90 Å². The number of fused-ring (bicyclic) bond motifs is 1. The van der Waals surface area contributed by atoms with Crippen LogP contribution >= 0.6 is 23.4 Å². The highest BCUT2D eigenvalue weighted by Crippen LogP contribution is 2.39. The zero-order valence-corrected chi connectivity index (χ0v) is 12.4. The van der Waals surface area contributed by atoms with Gasteiger partial charge in [-0.15, -0.1) is 11.8 Å². The van der Waals surface area contributed by atoms with Crippen molar-refractivity contribution in [3.63, 3.8) is 0 Å². The number of nitrogens with zero attached hydrogens (tertiary/aromatic N) is 1. The molecule has 0 aliphatic carbocycles. The third-order valence-electron chi connectivity index (χ3n) is 3.75. The largest absolute Gasteiger partial charge is 0.299 e. The Labute approximate surface area is 122 Å². The van der Waals surface area contributed by atoms with E-state index in [1.54, 1.807) is 17.8 Å². The monoisotopic (exact) mass is 297 g/mol. The SMILES string of the molecule is Fc1ccc2c(c1)C(Cl)=C(CN1CCCCC1)CS2. The summed E-state index contributed by atoms with van der Waals surface area (Å²) in [5.41, 5.74) is 2.11. The van der Waals surface area contributed by atoms with E-state index in [1.807, 2.05) is 6.07 Å². The normalized spacial score (nSPS) is 20.5. The minimum absolute atomic E-state index is 0.211. The Morgan fingerprint density at radius 2 is 2.00 bits per heavy atom. The first-order valence-electron chi connectivity index (χ1n) is 6.76. The van der Waals surface area contributed by atoms with Gasteiger partial charge in [0.25, 0.3) is 0 Å². The topological polar surface area (TPSA) is 3.24 Å². The van der Waals surface area contributed by atoms with Crippen molar-refractivity contribution < 1.29 is 4.39 Å². The highest BCUT2D eigenvalue weighted by atomic mass is 35.5. The molecule has 0 bridgehead atoms. The van der Waals surface area contributed by atoms with Crippen LogP contribution in [0.5, 0.6) is 0 Å².